The molecule has 1 N–H and O–H groups in total. The number of aliphatic imine (C=N–C) groups is 3. The Morgan fingerprint density at radius 2 is 1.86 bits per heavy atom. The Morgan fingerprint density at radius 1 is 1.14 bits per heavy atom. The van der Waals surface area contributed by atoms with Gasteiger partial charge in [-0.15, -0.1) is 0 Å². The second-order valence-corrected chi connectivity index (χ2v) is 7.95. The number of allylic oxidation sites excluding steroid dienone is 2. The standard InChI is InChI=1S/C22H24N4O3/c1-22(2)20(28)16-14(9-10-23-3)19(27)18-17(15(16)11-24-22)25-21(26-18)12-5-7-13(29-4)8-6-12/h5-8,11,14,16,23H,9-10H2,1-4H3. The second-order valence-electron chi connectivity index (χ2n) is 7.95. The molecule has 1 aromatic rings. The van der Waals surface area contributed by atoms with E-state index in [1.807, 2.05) is 31.3 Å². The molecule has 0 aromatic heterocycles. The van der Waals surface area contributed by atoms with Crippen LogP contribution in [0.5, 0.6) is 5.75 Å². The zero-order chi connectivity index (χ0) is 20.8. The fourth-order valence-electron chi connectivity index (χ4n) is 4.01. The molecule has 1 aromatic carbocycles. The van der Waals surface area contributed by atoms with Crippen LogP contribution in [0.2, 0.25) is 0 Å². The van der Waals surface area contributed by atoms with E-state index in [1.165, 1.54) is 0 Å². The van der Waals surface area contributed by atoms with Crippen LogP contribution in [0.15, 0.2) is 50.5 Å². The molecule has 0 amide bonds. The summed E-state index contributed by atoms with van der Waals surface area (Å²) in [5, 5.41) is 3.08. The van der Waals surface area contributed by atoms with Crippen LogP contribution in [0.3, 0.4) is 0 Å². The number of benzene rings is 1. The van der Waals surface area contributed by atoms with Crippen LogP contribution in [0.25, 0.3) is 0 Å². The predicted octanol–water partition coefficient (Wildman–Crippen LogP) is 2.01. The van der Waals surface area contributed by atoms with Crippen LogP contribution in [-0.2, 0) is 9.59 Å². The van der Waals surface area contributed by atoms with Crippen molar-refractivity contribution in [3.8, 4) is 5.75 Å². The Kier molecular flexibility index (Phi) is 4.78. The van der Waals surface area contributed by atoms with E-state index in [4.69, 9.17) is 4.74 Å². The van der Waals surface area contributed by atoms with Gasteiger partial charge in [0, 0.05) is 23.3 Å². The van der Waals surface area contributed by atoms with E-state index < -0.39 is 17.4 Å². The molecule has 7 heteroatoms. The van der Waals surface area contributed by atoms with E-state index in [9.17, 15) is 9.59 Å². The number of hydrogen-bond donors (Lipinski definition) is 1. The van der Waals surface area contributed by atoms with Crippen LogP contribution < -0.4 is 10.1 Å². The first-order valence-corrected chi connectivity index (χ1v) is 9.72. The molecule has 0 fully saturated rings. The maximum absolute atomic E-state index is 13.3. The monoisotopic (exact) mass is 392 g/mol. The van der Waals surface area contributed by atoms with Gasteiger partial charge in [0.25, 0.3) is 0 Å². The van der Waals surface area contributed by atoms with E-state index in [2.05, 4.69) is 20.3 Å². The number of fused-ring (bicyclic) bond motifs is 2. The first-order valence-electron chi connectivity index (χ1n) is 9.72. The first kappa shape index (κ1) is 19.4. The highest BCUT2D eigenvalue weighted by molar-refractivity contribution is 6.52. The quantitative estimate of drug-likeness (QED) is 0.830. The van der Waals surface area contributed by atoms with Crippen molar-refractivity contribution in [3.63, 3.8) is 0 Å². The highest BCUT2D eigenvalue weighted by atomic mass is 16.5. The van der Waals surface area contributed by atoms with Gasteiger partial charge in [0.15, 0.2) is 17.4 Å². The third-order valence-electron chi connectivity index (χ3n) is 5.71. The van der Waals surface area contributed by atoms with Gasteiger partial charge in [0.2, 0.25) is 0 Å². The molecule has 4 rings (SSSR count). The van der Waals surface area contributed by atoms with Gasteiger partial charge in [-0.3, -0.25) is 14.6 Å². The molecule has 0 saturated heterocycles. The summed E-state index contributed by atoms with van der Waals surface area (Å²) in [4.78, 5) is 40.1. The van der Waals surface area contributed by atoms with Crippen molar-refractivity contribution in [1.29, 1.82) is 0 Å². The average molecular weight is 392 g/mol. The molecule has 2 heterocycles. The van der Waals surface area contributed by atoms with Crippen LogP contribution in [0.4, 0.5) is 0 Å². The minimum atomic E-state index is -0.845. The molecule has 2 unspecified atom stereocenters. The number of Topliss-reactive ketones (excluding diaryl/α,β-unsaturated/α-hetero) is 2. The van der Waals surface area contributed by atoms with Crippen molar-refractivity contribution in [2.24, 2.45) is 26.8 Å². The average Bonchev–Trinajstić information content (AvgIpc) is 3.16. The number of nitrogens with one attached hydrogen (secondary N) is 1. The number of nitrogens with zero attached hydrogens (tertiary/aromatic N) is 3. The molecule has 2 atom stereocenters. The van der Waals surface area contributed by atoms with E-state index in [-0.39, 0.29) is 11.6 Å². The Morgan fingerprint density at radius 3 is 2.52 bits per heavy atom. The van der Waals surface area contributed by atoms with Gasteiger partial charge < -0.3 is 10.1 Å². The maximum Gasteiger partial charge on any atom is 0.187 e. The summed E-state index contributed by atoms with van der Waals surface area (Å²) in [6.07, 6.45) is 2.28. The second kappa shape index (κ2) is 7.15. The lowest BCUT2D eigenvalue weighted by atomic mass is 9.67. The molecule has 150 valence electrons. The molecule has 0 saturated carbocycles. The number of ketones is 2. The Bertz CT molecular complexity index is 999. The zero-order valence-corrected chi connectivity index (χ0v) is 17.0. The van der Waals surface area contributed by atoms with Gasteiger partial charge in [-0.1, -0.05) is 0 Å². The van der Waals surface area contributed by atoms with Crippen LogP contribution in [0, 0.1) is 11.8 Å². The van der Waals surface area contributed by atoms with Crippen molar-refractivity contribution in [1.82, 2.24) is 5.32 Å². The van der Waals surface area contributed by atoms with Crippen LogP contribution in [0.1, 0.15) is 25.8 Å². The molecule has 1 aliphatic carbocycles. The lowest BCUT2D eigenvalue weighted by Gasteiger charge is -2.37. The molecule has 7 nitrogen and oxygen atoms in total. The van der Waals surface area contributed by atoms with E-state index in [0.29, 0.717) is 35.8 Å². The summed E-state index contributed by atoms with van der Waals surface area (Å²) < 4.78 is 5.20. The molecule has 0 radical (unpaired) electrons. The smallest absolute Gasteiger partial charge is 0.187 e. The lowest BCUT2D eigenvalue weighted by Crippen LogP contribution is -2.50. The topological polar surface area (TPSA) is 92.5 Å². The summed E-state index contributed by atoms with van der Waals surface area (Å²) >= 11 is 0. The number of hydrogen-bond acceptors (Lipinski definition) is 7. The van der Waals surface area contributed by atoms with Gasteiger partial charge in [0.05, 0.1) is 13.0 Å². The van der Waals surface area contributed by atoms with Crippen LogP contribution in [-0.4, -0.2) is 55.6 Å². The maximum atomic E-state index is 13.3. The molecule has 3 aliphatic rings. The third kappa shape index (κ3) is 3.15. The number of amidine groups is 1. The van der Waals surface area contributed by atoms with E-state index >= 15 is 0 Å². The molecule has 0 bridgehead atoms. The summed E-state index contributed by atoms with van der Waals surface area (Å²) in [7, 11) is 3.44. The predicted molar refractivity (Wildman–Crippen MR) is 112 cm³/mol. The molecular formula is C22H24N4O3. The van der Waals surface area contributed by atoms with E-state index in [0.717, 1.165) is 11.3 Å². The SMILES string of the molecule is CNCCC1C(=O)C2=NC(c3ccc(OC)cc3)=NC2=C2C=NC(C)(C)C(=O)C21. The van der Waals surface area contributed by atoms with Gasteiger partial charge in [0.1, 0.15) is 22.7 Å². The van der Waals surface area contributed by atoms with Gasteiger partial charge in [-0.05, 0) is 58.1 Å². The molecular weight excluding hydrogens is 368 g/mol. The molecule has 29 heavy (non-hydrogen) atoms. The van der Waals surface area contributed by atoms with Crippen LogP contribution >= 0.6 is 0 Å². The van der Waals surface area contributed by atoms with Gasteiger partial charge in [-0.25, -0.2) is 9.98 Å². The normalized spacial score (nSPS) is 24.8. The summed E-state index contributed by atoms with van der Waals surface area (Å²) in [5.74, 6) is 0.0622. The van der Waals surface area contributed by atoms with Crippen molar-refractivity contribution >= 4 is 29.3 Å². The summed E-state index contributed by atoms with van der Waals surface area (Å²) in [5.41, 5.74) is 1.47. The largest absolute Gasteiger partial charge is 0.497 e. The number of rotatable bonds is 5. The lowest BCUT2D eigenvalue weighted by molar-refractivity contribution is -0.131. The number of carbonyl (C=O) groups excluding carboxylic acids is 2. The summed E-state index contributed by atoms with van der Waals surface area (Å²) in [6.45, 7) is 4.22. The van der Waals surface area contributed by atoms with E-state index in [1.54, 1.807) is 27.2 Å². The number of ether oxygens (including phenoxy) is 1. The molecule has 2 aliphatic heterocycles. The Hall–Kier alpha value is -2.93. The van der Waals surface area contributed by atoms with Crippen molar-refractivity contribution < 1.29 is 14.3 Å². The molecule has 0 spiro atoms. The fraction of sp³-hybridized carbons (Fsp3) is 0.409. The Labute approximate surface area is 169 Å². The fourth-order valence-corrected chi connectivity index (χ4v) is 4.01. The van der Waals surface area contributed by atoms with Crippen molar-refractivity contribution in [2.75, 3.05) is 20.7 Å². The minimum Gasteiger partial charge on any atom is -0.497 e. The zero-order valence-electron chi connectivity index (χ0n) is 17.0. The van der Waals surface area contributed by atoms with Gasteiger partial charge in [-0.2, -0.15) is 0 Å². The first-order chi connectivity index (χ1) is 13.9. The Balaban J connectivity index is 1.83. The number of carbonyl (C=O) groups is 2. The summed E-state index contributed by atoms with van der Waals surface area (Å²) in [6, 6.07) is 7.36. The minimum absolute atomic E-state index is 0.0379. The van der Waals surface area contributed by atoms with Crippen molar-refractivity contribution in [2.45, 2.75) is 25.8 Å². The highest BCUT2D eigenvalue weighted by Gasteiger charge is 2.50. The highest BCUT2D eigenvalue weighted by Crippen LogP contribution is 2.41. The number of methoxy groups -OCH3 is 1. The van der Waals surface area contributed by atoms with Crippen molar-refractivity contribution in [3.05, 3.63) is 41.1 Å². The van der Waals surface area contributed by atoms with Gasteiger partial charge >= 0.3 is 0 Å². The third-order valence-corrected chi connectivity index (χ3v) is 5.71.